The van der Waals surface area contributed by atoms with Gasteiger partial charge in [0.05, 0.1) is 4.90 Å². The van der Waals surface area contributed by atoms with Crippen molar-refractivity contribution in [3.8, 4) is 0 Å². The zero-order valence-corrected chi connectivity index (χ0v) is 13.2. The Morgan fingerprint density at radius 1 is 1.00 bits per heavy atom. The Kier molecular flexibility index (Phi) is 4.02. The molecule has 0 fully saturated rings. The van der Waals surface area contributed by atoms with Gasteiger partial charge in [0, 0.05) is 17.5 Å². The van der Waals surface area contributed by atoms with Crippen molar-refractivity contribution in [1.29, 1.82) is 0 Å². The lowest BCUT2D eigenvalue weighted by molar-refractivity contribution is 0.559. The van der Waals surface area contributed by atoms with Crippen LogP contribution in [0.2, 0.25) is 0 Å². The third-order valence-electron chi connectivity index (χ3n) is 3.53. The molecule has 0 amide bonds. The molecule has 0 aliphatic carbocycles. The van der Waals surface area contributed by atoms with Crippen molar-refractivity contribution >= 4 is 21.0 Å². The van der Waals surface area contributed by atoms with Gasteiger partial charge in [0.2, 0.25) is 10.0 Å². The predicted octanol–water partition coefficient (Wildman–Crippen LogP) is 2.83. The van der Waals surface area contributed by atoms with E-state index in [0.29, 0.717) is 11.0 Å². The molecule has 0 spiro atoms. The van der Waals surface area contributed by atoms with E-state index in [9.17, 15) is 13.2 Å². The van der Waals surface area contributed by atoms with E-state index in [1.54, 1.807) is 13.0 Å². The van der Waals surface area contributed by atoms with Crippen LogP contribution in [0, 0.1) is 0 Å². The fourth-order valence-corrected chi connectivity index (χ4v) is 3.59. The van der Waals surface area contributed by atoms with Crippen LogP contribution in [0.15, 0.2) is 74.8 Å². The zero-order valence-electron chi connectivity index (χ0n) is 12.4. The summed E-state index contributed by atoms with van der Waals surface area (Å²) in [5.74, 6) is 0. The Balaban J connectivity index is 1.93. The Morgan fingerprint density at radius 2 is 1.74 bits per heavy atom. The third kappa shape index (κ3) is 3.33. The molecule has 1 unspecified atom stereocenters. The van der Waals surface area contributed by atoms with Crippen LogP contribution in [-0.2, 0) is 10.0 Å². The average molecular weight is 329 g/mol. The standard InChI is InChI=1S/C17H15NO4S/c1-12(13-5-3-2-4-6-13)18-23(20,21)15-8-9-16-14(11-15)7-10-17(19)22-16/h2-12,18H,1H3. The Labute approximate surface area is 133 Å². The largest absolute Gasteiger partial charge is 0.423 e. The smallest absolute Gasteiger partial charge is 0.336 e. The topological polar surface area (TPSA) is 76.4 Å². The monoisotopic (exact) mass is 329 g/mol. The Morgan fingerprint density at radius 3 is 2.48 bits per heavy atom. The molecule has 0 saturated heterocycles. The first-order chi connectivity index (χ1) is 11.0. The molecule has 0 aliphatic rings. The highest BCUT2D eigenvalue weighted by Crippen LogP contribution is 2.20. The highest BCUT2D eigenvalue weighted by Gasteiger charge is 2.18. The second-order valence-corrected chi connectivity index (χ2v) is 6.92. The first-order valence-electron chi connectivity index (χ1n) is 7.07. The molecule has 0 saturated carbocycles. The minimum atomic E-state index is -3.68. The lowest BCUT2D eigenvalue weighted by Crippen LogP contribution is -2.26. The van der Waals surface area contributed by atoms with Crippen molar-refractivity contribution in [1.82, 2.24) is 4.72 Å². The lowest BCUT2D eigenvalue weighted by atomic mass is 10.1. The highest BCUT2D eigenvalue weighted by atomic mass is 32.2. The molecule has 23 heavy (non-hydrogen) atoms. The fourth-order valence-electron chi connectivity index (χ4n) is 2.33. The summed E-state index contributed by atoms with van der Waals surface area (Å²) in [6.07, 6.45) is 0. The Bertz CT molecular complexity index is 994. The van der Waals surface area contributed by atoms with Crippen LogP contribution >= 0.6 is 0 Å². The molecule has 3 aromatic rings. The molecule has 0 aliphatic heterocycles. The minimum absolute atomic E-state index is 0.127. The second kappa shape index (κ2) is 5.98. The van der Waals surface area contributed by atoms with E-state index < -0.39 is 15.6 Å². The second-order valence-electron chi connectivity index (χ2n) is 5.21. The van der Waals surface area contributed by atoms with Crippen molar-refractivity contribution in [3.05, 3.63) is 76.6 Å². The number of nitrogens with one attached hydrogen (secondary N) is 1. The number of hydrogen-bond donors (Lipinski definition) is 1. The third-order valence-corrected chi connectivity index (χ3v) is 5.07. The van der Waals surface area contributed by atoms with Gasteiger partial charge in [-0.1, -0.05) is 30.3 Å². The molecular formula is C17H15NO4S. The first kappa shape index (κ1) is 15.5. The number of rotatable bonds is 4. The number of hydrogen-bond acceptors (Lipinski definition) is 4. The van der Waals surface area contributed by atoms with Crippen molar-refractivity contribution in [3.63, 3.8) is 0 Å². The van der Waals surface area contributed by atoms with Crippen LogP contribution in [0.3, 0.4) is 0 Å². The van der Waals surface area contributed by atoms with E-state index in [2.05, 4.69) is 4.72 Å². The van der Waals surface area contributed by atoms with Gasteiger partial charge in [0.25, 0.3) is 0 Å². The van der Waals surface area contributed by atoms with E-state index in [-0.39, 0.29) is 10.9 Å². The minimum Gasteiger partial charge on any atom is -0.423 e. The van der Waals surface area contributed by atoms with Crippen molar-refractivity contribution in [2.75, 3.05) is 0 Å². The molecule has 3 rings (SSSR count). The van der Waals surface area contributed by atoms with Crippen LogP contribution in [0.5, 0.6) is 0 Å². The van der Waals surface area contributed by atoms with Gasteiger partial charge >= 0.3 is 5.63 Å². The first-order valence-corrected chi connectivity index (χ1v) is 8.55. The van der Waals surface area contributed by atoms with E-state index in [4.69, 9.17) is 4.42 Å². The maximum atomic E-state index is 12.5. The average Bonchev–Trinajstić information content (AvgIpc) is 2.54. The fraction of sp³-hybridized carbons (Fsp3) is 0.118. The zero-order chi connectivity index (χ0) is 16.4. The quantitative estimate of drug-likeness (QED) is 0.747. The number of fused-ring (bicyclic) bond motifs is 1. The van der Waals surface area contributed by atoms with Crippen LogP contribution in [-0.4, -0.2) is 8.42 Å². The molecule has 5 nitrogen and oxygen atoms in total. The van der Waals surface area contributed by atoms with Gasteiger partial charge in [0.1, 0.15) is 5.58 Å². The molecule has 118 valence electrons. The summed E-state index contributed by atoms with van der Waals surface area (Å²) in [4.78, 5) is 11.3. The molecule has 1 heterocycles. The van der Waals surface area contributed by atoms with Gasteiger partial charge in [-0.15, -0.1) is 0 Å². The van der Waals surface area contributed by atoms with E-state index in [1.807, 2.05) is 30.3 Å². The normalized spacial score (nSPS) is 13.1. The van der Waals surface area contributed by atoms with Gasteiger partial charge in [-0.3, -0.25) is 0 Å². The molecular weight excluding hydrogens is 314 g/mol. The van der Waals surface area contributed by atoms with Gasteiger partial charge in [-0.2, -0.15) is 0 Å². The summed E-state index contributed by atoms with van der Waals surface area (Å²) < 4.78 is 32.7. The molecule has 1 N–H and O–H groups in total. The van der Waals surface area contributed by atoms with Crippen LogP contribution in [0.4, 0.5) is 0 Å². The van der Waals surface area contributed by atoms with Crippen LogP contribution in [0.25, 0.3) is 11.0 Å². The maximum absolute atomic E-state index is 12.5. The van der Waals surface area contributed by atoms with E-state index >= 15 is 0 Å². The van der Waals surface area contributed by atoms with Crippen molar-refractivity contribution in [2.24, 2.45) is 0 Å². The number of benzene rings is 2. The summed E-state index contributed by atoms with van der Waals surface area (Å²) in [7, 11) is -3.68. The van der Waals surface area contributed by atoms with Gasteiger partial charge < -0.3 is 4.42 Å². The molecule has 0 radical (unpaired) electrons. The Hall–Kier alpha value is -2.44. The molecule has 1 atom stereocenters. The predicted molar refractivity (Wildman–Crippen MR) is 87.7 cm³/mol. The van der Waals surface area contributed by atoms with Gasteiger partial charge in [0.15, 0.2) is 0 Å². The summed E-state index contributed by atoms with van der Waals surface area (Å²) in [5.41, 5.74) is 0.763. The number of sulfonamides is 1. The molecule has 1 aromatic heterocycles. The van der Waals surface area contributed by atoms with Gasteiger partial charge in [-0.05, 0) is 36.8 Å². The summed E-state index contributed by atoms with van der Waals surface area (Å²) in [6.45, 7) is 1.78. The molecule has 0 bridgehead atoms. The lowest BCUT2D eigenvalue weighted by Gasteiger charge is -2.14. The van der Waals surface area contributed by atoms with Gasteiger partial charge in [-0.25, -0.2) is 17.9 Å². The maximum Gasteiger partial charge on any atom is 0.336 e. The van der Waals surface area contributed by atoms with Crippen molar-refractivity contribution in [2.45, 2.75) is 17.9 Å². The SMILES string of the molecule is CC(NS(=O)(=O)c1ccc2oc(=O)ccc2c1)c1ccccc1. The molecule has 2 aromatic carbocycles. The summed E-state index contributed by atoms with van der Waals surface area (Å²) in [6, 6.07) is 16.2. The van der Waals surface area contributed by atoms with Crippen molar-refractivity contribution < 1.29 is 12.8 Å². The highest BCUT2D eigenvalue weighted by molar-refractivity contribution is 7.89. The van der Waals surface area contributed by atoms with E-state index in [1.165, 1.54) is 24.3 Å². The summed E-state index contributed by atoms with van der Waals surface area (Å²) >= 11 is 0. The summed E-state index contributed by atoms with van der Waals surface area (Å²) in [5, 5.41) is 0.555. The van der Waals surface area contributed by atoms with E-state index in [0.717, 1.165) is 5.56 Å². The van der Waals surface area contributed by atoms with Crippen LogP contribution in [0.1, 0.15) is 18.5 Å². The van der Waals surface area contributed by atoms with Crippen LogP contribution < -0.4 is 10.3 Å². The molecule has 6 heteroatoms.